The van der Waals surface area contributed by atoms with Gasteiger partial charge in [-0.2, -0.15) is 5.26 Å². The van der Waals surface area contributed by atoms with Gasteiger partial charge >= 0.3 is 0 Å². The normalized spacial score (nSPS) is 20.6. The van der Waals surface area contributed by atoms with E-state index in [0.29, 0.717) is 45.1 Å². The fourth-order valence-corrected chi connectivity index (χ4v) is 6.19. The summed E-state index contributed by atoms with van der Waals surface area (Å²) in [4.78, 5) is 24.4. The molecule has 0 aliphatic carbocycles. The van der Waals surface area contributed by atoms with Gasteiger partial charge in [0.2, 0.25) is 5.95 Å². The molecule has 2 aromatic carbocycles. The molecule has 3 aliphatic rings. The van der Waals surface area contributed by atoms with Crippen LogP contribution < -0.4 is 20.7 Å². The molecule has 6 rings (SSSR count). The Morgan fingerprint density at radius 3 is 2.92 bits per heavy atom. The minimum Gasteiger partial charge on any atom is -0.495 e. The lowest BCUT2D eigenvalue weighted by Crippen LogP contribution is -2.39. The number of nitrogens with one attached hydrogen (secondary N) is 3. The van der Waals surface area contributed by atoms with Crippen molar-refractivity contribution in [2.45, 2.75) is 31.7 Å². The summed E-state index contributed by atoms with van der Waals surface area (Å²) in [7, 11) is 1.55. The molecule has 0 saturated carbocycles. The number of amides is 1. The lowest BCUT2D eigenvalue weighted by molar-refractivity contribution is 0.0737. The molecule has 10 heteroatoms. The van der Waals surface area contributed by atoms with Crippen LogP contribution in [0.4, 0.5) is 17.3 Å². The van der Waals surface area contributed by atoms with Crippen molar-refractivity contribution in [1.29, 1.82) is 5.26 Å². The zero-order valence-electron chi connectivity index (χ0n) is 22.1. The number of nitrogens with zero attached hydrogens (tertiary/aromatic N) is 4. The summed E-state index contributed by atoms with van der Waals surface area (Å²) in [5, 5.41) is 20.0. The highest BCUT2D eigenvalue weighted by Crippen LogP contribution is 2.41. The van der Waals surface area contributed by atoms with Crippen molar-refractivity contribution in [3.8, 4) is 23.1 Å². The second-order valence-corrected chi connectivity index (χ2v) is 11.4. The molecule has 200 valence electrons. The van der Waals surface area contributed by atoms with E-state index >= 15 is 0 Å². The number of fused-ring (bicyclic) bond motifs is 2. The third kappa shape index (κ3) is 4.44. The Morgan fingerprint density at radius 2 is 2.13 bits per heavy atom. The van der Waals surface area contributed by atoms with Crippen LogP contribution in [0.3, 0.4) is 0 Å². The van der Waals surface area contributed by atoms with Crippen molar-refractivity contribution in [3.05, 3.63) is 58.2 Å². The Labute approximate surface area is 232 Å². The summed E-state index contributed by atoms with van der Waals surface area (Å²) in [6.07, 6.45) is 2.66. The molecule has 9 nitrogen and oxygen atoms in total. The topological polar surface area (TPSA) is 115 Å². The first kappa shape index (κ1) is 25.4. The smallest absolute Gasteiger partial charge is 0.255 e. The number of hydrogen-bond donors (Lipinski definition) is 3. The van der Waals surface area contributed by atoms with Gasteiger partial charge in [0.05, 0.1) is 40.3 Å². The van der Waals surface area contributed by atoms with Gasteiger partial charge in [0.25, 0.3) is 5.91 Å². The monoisotopic (exact) mass is 543 g/mol. The fraction of sp³-hybridized carbons (Fsp3) is 0.379. The molecular weight excluding hydrogens is 514 g/mol. The van der Waals surface area contributed by atoms with Crippen LogP contribution in [0.5, 0.6) is 5.75 Å². The molecule has 2 unspecified atom stereocenters. The van der Waals surface area contributed by atoms with Crippen molar-refractivity contribution in [2.24, 2.45) is 5.92 Å². The van der Waals surface area contributed by atoms with E-state index in [0.717, 1.165) is 49.4 Å². The number of rotatable bonds is 5. The van der Waals surface area contributed by atoms with Crippen LogP contribution in [-0.2, 0) is 5.41 Å². The van der Waals surface area contributed by atoms with Crippen LogP contribution in [0.15, 0.2) is 36.5 Å². The first-order valence-corrected chi connectivity index (χ1v) is 13.5. The molecule has 0 spiro atoms. The molecule has 39 heavy (non-hydrogen) atoms. The van der Waals surface area contributed by atoms with Gasteiger partial charge in [-0.3, -0.25) is 4.79 Å². The number of hydrogen-bond acceptors (Lipinski definition) is 8. The SMILES string of the molecule is COc1cc(C(=O)N2CCC3CNCC32)c(Cl)cc1Nc1nccc(-c2cc(C#N)c3c(c2)C(C)(C)CN3)n1. The molecular formula is C29H30ClN7O2. The zero-order chi connectivity index (χ0) is 27.3. The third-order valence-electron chi connectivity index (χ3n) is 8.12. The molecule has 3 aliphatic heterocycles. The average Bonchev–Trinajstić information content (AvgIpc) is 3.63. The molecule has 2 fully saturated rings. The number of likely N-dealkylation sites (tertiary alicyclic amines) is 1. The number of ether oxygens (including phenoxy) is 1. The number of anilines is 3. The Bertz CT molecular complexity index is 1520. The van der Waals surface area contributed by atoms with E-state index in [1.807, 2.05) is 17.0 Å². The fourth-order valence-electron chi connectivity index (χ4n) is 5.95. The first-order valence-electron chi connectivity index (χ1n) is 13.1. The molecule has 3 aromatic rings. The third-order valence-corrected chi connectivity index (χ3v) is 8.43. The van der Waals surface area contributed by atoms with Gasteiger partial charge in [0, 0.05) is 49.4 Å². The number of benzene rings is 2. The van der Waals surface area contributed by atoms with Gasteiger partial charge < -0.3 is 25.6 Å². The van der Waals surface area contributed by atoms with Crippen LogP contribution in [0.1, 0.15) is 41.8 Å². The predicted octanol–water partition coefficient (Wildman–Crippen LogP) is 4.56. The van der Waals surface area contributed by atoms with Crippen LogP contribution in [0.2, 0.25) is 5.02 Å². The molecule has 3 N–H and O–H groups in total. The number of nitriles is 1. The van der Waals surface area contributed by atoms with E-state index in [-0.39, 0.29) is 17.4 Å². The van der Waals surface area contributed by atoms with E-state index in [9.17, 15) is 10.1 Å². The highest BCUT2D eigenvalue weighted by Gasteiger charge is 2.40. The zero-order valence-corrected chi connectivity index (χ0v) is 22.9. The van der Waals surface area contributed by atoms with E-state index in [2.05, 4.69) is 46.9 Å². The maximum absolute atomic E-state index is 13.4. The number of carbonyl (C=O) groups excluding carboxylic acids is 1. The summed E-state index contributed by atoms with van der Waals surface area (Å²) in [5.74, 6) is 1.23. The summed E-state index contributed by atoms with van der Waals surface area (Å²) in [6.45, 7) is 7.57. The molecule has 4 heterocycles. The predicted molar refractivity (Wildman–Crippen MR) is 151 cm³/mol. The van der Waals surface area contributed by atoms with Crippen molar-refractivity contribution in [2.75, 3.05) is 43.9 Å². The van der Waals surface area contributed by atoms with Gasteiger partial charge in [0.15, 0.2) is 0 Å². The minimum absolute atomic E-state index is 0.0818. The Hall–Kier alpha value is -3.87. The van der Waals surface area contributed by atoms with E-state index in [4.69, 9.17) is 21.3 Å². The van der Waals surface area contributed by atoms with Gasteiger partial charge in [-0.15, -0.1) is 0 Å². The van der Waals surface area contributed by atoms with Crippen LogP contribution >= 0.6 is 11.6 Å². The van der Waals surface area contributed by atoms with E-state index < -0.39 is 0 Å². The minimum atomic E-state index is -0.0986. The number of carbonyl (C=O) groups is 1. The summed E-state index contributed by atoms with van der Waals surface area (Å²) < 4.78 is 5.63. The molecule has 1 amide bonds. The summed E-state index contributed by atoms with van der Waals surface area (Å²) in [5.41, 5.74) is 4.96. The van der Waals surface area contributed by atoms with Gasteiger partial charge in [-0.1, -0.05) is 25.4 Å². The Kier molecular flexibility index (Phi) is 6.32. The highest BCUT2D eigenvalue weighted by molar-refractivity contribution is 6.34. The standard InChI is InChI=1S/C29H30ClN7O2/c1-29(2)15-34-26-18(12-31)8-17(9-20(26)29)22-4-6-33-28(35-22)36-23-11-21(30)19(10-25(23)39-3)27(38)37-7-5-16-13-32-14-24(16)37/h4,6,8-11,16,24,32,34H,5,7,13-15H2,1-3H3,(H,33,35,36). The second-order valence-electron chi connectivity index (χ2n) is 11.0. The van der Waals surface area contributed by atoms with Crippen LogP contribution in [-0.4, -0.2) is 60.1 Å². The van der Waals surface area contributed by atoms with Crippen molar-refractivity contribution >= 4 is 34.8 Å². The van der Waals surface area contributed by atoms with Gasteiger partial charge in [-0.05, 0) is 48.2 Å². The lowest BCUT2D eigenvalue weighted by atomic mass is 9.85. The second kappa shape index (κ2) is 9.70. The van der Waals surface area contributed by atoms with Gasteiger partial charge in [-0.25, -0.2) is 9.97 Å². The lowest BCUT2D eigenvalue weighted by Gasteiger charge is -2.24. The number of methoxy groups -OCH3 is 1. The van der Waals surface area contributed by atoms with E-state index in [1.165, 1.54) is 0 Å². The maximum Gasteiger partial charge on any atom is 0.255 e. The molecule has 2 saturated heterocycles. The highest BCUT2D eigenvalue weighted by atomic mass is 35.5. The van der Waals surface area contributed by atoms with E-state index in [1.54, 1.807) is 25.4 Å². The molecule has 1 aromatic heterocycles. The van der Waals surface area contributed by atoms with Crippen LogP contribution in [0, 0.1) is 17.2 Å². The van der Waals surface area contributed by atoms with Crippen LogP contribution in [0.25, 0.3) is 11.3 Å². The number of aromatic nitrogens is 2. The Morgan fingerprint density at radius 1 is 1.28 bits per heavy atom. The summed E-state index contributed by atoms with van der Waals surface area (Å²) >= 11 is 6.65. The number of halogens is 1. The Balaban J connectivity index is 1.29. The largest absolute Gasteiger partial charge is 0.495 e. The van der Waals surface area contributed by atoms with Gasteiger partial charge in [0.1, 0.15) is 11.8 Å². The van der Waals surface area contributed by atoms with Crippen molar-refractivity contribution in [3.63, 3.8) is 0 Å². The first-order chi connectivity index (χ1) is 18.8. The molecule has 2 atom stereocenters. The quantitative estimate of drug-likeness (QED) is 0.429. The van der Waals surface area contributed by atoms with Crippen molar-refractivity contribution in [1.82, 2.24) is 20.2 Å². The summed E-state index contributed by atoms with van der Waals surface area (Å²) in [6, 6.07) is 11.6. The molecule has 0 radical (unpaired) electrons. The average molecular weight is 544 g/mol. The van der Waals surface area contributed by atoms with Crippen molar-refractivity contribution < 1.29 is 9.53 Å². The molecule has 0 bridgehead atoms. The maximum atomic E-state index is 13.4.